The summed E-state index contributed by atoms with van der Waals surface area (Å²) in [5, 5.41) is 11.0. The number of ether oxygens (including phenoxy) is 1. The summed E-state index contributed by atoms with van der Waals surface area (Å²) >= 11 is 2.01. The maximum atomic E-state index is 11.0. The molecule has 36 heavy (non-hydrogen) atoms. The minimum atomic E-state index is -0.0707. The fraction of sp³-hybridized carbons (Fsp3) is 0.688. The van der Waals surface area contributed by atoms with Crippen LogP contribution in [0, 0.1) is 5.41 Å². The molecule has 4 heteroatoms. The Morgan fingerprint density at radius 2 is 1.36 bits per heavy atom. The zero-order chi connectivity index (χ0) is 26.6. The van der Waals surface area contributed by atoms with Gasteiger partial charge in [0.1, 0.15) is 5.75 Å². The van der Waals surface area contributed by atoms with Crippen LogP contribution in [0.15, 0.2) is 24.3 Å². The van der Waals surface area contributed by atoms with Crippen molar-refractivity contribution in [2.75, 3.05) is 32.8 Å². The normalized spacial score (nSPS) is 16.0. The molecule has 1 N–H and O–H groups in total. The number of aromatic hydroxyl groups is 1. The largest absolute Gasteiger partial charge is 0.507 e. The van der Waals surface area contributed by atoms with Crippen molar-refractivity contribution < 1.29 is 9.84 Å². The molecule has 1 saturated heterocycles. The second kappa shape index (κ2) is 12.0. The number of hydrogen-bond acceptors (Lipinski definition) is 4. The van der Waals surface area contributed by atoms with Crippen molar-refractivity contribution >= 4 is 11.3 Å². The lowest BCUT2D eigenvalue weighted by Gasteiger charge is -2.31. The second-order valence-corrected chi connectivity index (χ2v) is 14.9. The number of thiophene rings is 1. The number of phenolic OH excluding ortho intramolecular Hbond substituents is 1. The van der Waals surface area contributed by atoms with E-state index in [1.165, 1.54) is 41.1 Å². The molecule has 0 saturated carbocycles. The first-order valence-electron chi connectivity index (χ1n) is 14.0. The zero-order valence-corrected chi connectivity index (χ0v) is 25.1. The predicted molar refractivity (Wildman–Crippen MR) is 156 cm³/mol. The molecule has 1 aliphatic rings. The van der Waals surface area contributed by atoms with Gasteiger partial charge in [0.05, 0.1) is 13.2 Å². The molecule has 0 atom stereocenters. The van der Waals surface area contributed by atoms with Crippen LogP contribution in [0.2, 0.25) is 0 Å². The molecule has 2 aromatic rings. The van der Waals surface area contributed by atoms with Gasteiger partial charge in [-0.05, 0) is 90.1 Å². The quantitative estimate of drug-likeness (QED) is 0.350. The summed E-state index contributed by atoms with van der Waals surface area (Å²) in [6.45, 7) is 23.1. The van der Waals surface area contributed by atoms with Crippen molar-refractivity contribution in [2.24, 2.45) is 5.41 Å². The van der Waals surface area contributed by atoms with Crippen LogP contribution in [-0.4, -0.2) is 42.9 Å². The minimum Gasteiger partial charge on any atom is -0.507 e. The van der Waals surface area contributed by atoms with Crippen LogP contribution in [0.25, 0.3) is 0 Å². The van der Waals surface area contributed by atoms with Gasteiger partial charge < -0.3 is 9.84 Å². The number of morpholine rings is 1. The Hall–Kier alpha value is -1.36. The first-order chi connectivity index (χ1) is 16.7. The third-order valence-corrected chi connectivity index (χ3v) is 8.85. The van der Waals surface area contributed by atoms with E-state index in [9.17, 15) is 5.11 Å². The highest BCUT2D eigenvalue weighted by atomic mass is 32.1. The van der Waals surface area contributed by atoms with Gasteiger partial charge in [0.2, 0.25) is 0 Å². The highest BCUT2D eigenvalue weighted by molar-refractivity contribution is 7.11. The Kier molecular flexibility index (Phi) is 9.74. The smallest absolute Gasteiger partial charge is 0.123 e. The molecule has 0 aliphatic carbocycles. The molecule has 0 amide bonds. The van der Waals surface area contributed by atoms with Crippen LogP contribution < -0.4 is 0 Å². The maximum absolute atomic E-state index is 11.0. The molecule has 1 fully saturated rings. The van der Waals surface area contributed by atoms with Gasteiger partial charge in [-0.3, -0.25) is 4.90 Å². The summed E-state index contributed by atoms with van der Waals surface area (Å²) in [6.07, 6.45) is 7.00. The van der Waals surface area contributed by atoms with Crippen LogP contribution >= 0.6 is 11.3 Å². The molecule has 0 spiro atoms. The molecule has 1 aromatic heterocycles. The van der Waals surface area contributed by atoms with E-state index in [-0.39, 0.29) is 10.8 Å². The number of phenols is 1. The highest BCUT2D eigenvalue weighted by Crippen LogP contribution is 2.40. The van der Waals surface area contributed by atoms with E-state index in [0.29, 0.717) is 11.2 Å². The monoisotopic (exact) mass is 513 g/mol. The molecular weight excluding hydrogens is 462 g/mol. The molecule has 1 aliphatic heterocycles. The Morgan fingerprint density at radius 1 is 0.806 bits per heavy atom. The first-order valence-corrected chi connectivity index (χ1v) is 14.8. The Labute approximate surface area is 225 Å². The van der Waals surface area contributed by atoms with E-state index in [1.807, 2.05) is 11.3 Å². The van der Waals surface area contributed by atoms with Crippen LogP contribution in [0.1, 0.15) is 101 Å². The highest BCUT2D eigenvalue weighted by Gasteiger charge is 2.26. The summed E-state index contributed by atoms with van der Waals surface area (Å²) in [6, 6.07) is 9.18. The summed E-state index contributed by atoms with van der Waals surface area (Å²) < 4.78 is 5.48. The van der Waals surface area contributed by atoms with E-state index < -0.39 is 0 Å². The molecule has 0 bridgehead atoms. The molecular formula is C32H51NO2S. The first kappa shape index (κ1) is 29.2. The molecule has 0 unspecified atom stereocenters. The molecule has 2 heterocycles. The van der Waals surface area contributed by atoms with Crippen molar-refractivity contribution in [1.29, 1.82) is 0 Å². The third kappa shape index (κ3) is 8.60. The molecule has 0 radical (unpaired) electrons. The van der Waals surface area contributed by atoms with Crippen molar-refractivity contribution in [3.8, 4) is 5.75 Å². The van der Waals surface area contributed by atoms with E-state index >= 15 is 0 Å². The lowest BCUT2D eigenvalue weighted by Crippen LogP contribution is -2.38. The van der Waals surface area contributed by atoms with Gasteiger partial charge in [0.15, 0.2) is 0 Å². The lowest BCUT2D eigenvalue weighted by molar-refractivity contribution is 0.0323. The standard InChI is InChI=1S/C32H51NO2S/c1-30(2,3)27-22-24(23-28(29(27)34)31(4,5)6)10-9-11-25-12-13-26(36-25)14-15-32(7,8)16-17-33-18-20-35-21-19-33/h12-13,22-23,34H,9-11,14-21H2,1-8H3. The van der Waals surface area contributed by atoms with Crippen molar-refractivity contribution in [2.45, 2.75) is 105 Å². The van der Waals surface area contributed by atoms with Crippen molar-refractivity contribution in [1.82, 2.24) is 4.90 Å². The average molecular weight is 514 g/mol. The van der Waals surface area contributed by atoms with E-state index in [4.69, 9.17) is 4.74 Å². The van der Waals surface area contributed by atoms with Gasteiger partial charge in [0.25, 0.3) is 0 Å². The molecule has 3 nitrogen and oxygen atoms in total. The molecule has 3 rings (SSSR count). The van der Waals surface area contributed by atoms with Gasteiger partial charge in [-0.2, -0.15) is 0 Å². The van der Waals surface area contributed by atoms with Crippen LogP contribution in [0.4, 0.5) is 0 Å². The van der Waals surface area contributed by atoms with Gasteiger partial charge in [-0.15, -0.1) is 11.3 Å². The van der Waals surface area contributed by atoms with Crippen molar-refractivity contribution in [3.05, 3.63) is 50.7 Å². The van der Waals surface area contributed by atoms with Crippen LogP contribution in [0.5, 0.6) is 5.75 Å². The van der Waals surface area contributed by atoms with E-state index in [2.05, 4.69) is 84.6 Å². The van der Waals surface area contributed by atoms with Crippen molar-refractivity contribution in [3.63, 3.8) is 0 Å². The molecule has 202 valence electrons. The number of rotatable bonds is 10. The number of benzene rings is 1. The SMILES string of the molecule is CC(C)(CCc1ccc(CCCc2cc(C(C)(C)C)c(O)c(C(C)(C)C)c2)s1)CCN1CCOCC1. The van der Waals surface area contributed by atoms with E-state index in [1.54, 1.807) is 0 Å². The van der Waals surface area contributed by atoms with Crippen LogP contribution in [0.3, 0.4) is 0 Å². The fourth-order valence-corrected chi connectivity index (χ4v) is 6.07. The van der Waals surface area contributed by atoms with Gasteiger partial charge >= 0.3 is 0 Å². The van der Waals surface area contributed by atoms with E-state index in [0.717, 1.165) is 56.7 Å². The summed E-state index contributed by atoms with van der Waals surface area (Å²) in [5.74, 6) is 0.481. The topological polar surface area (TPSA) is 32.7 Å². The lowest BCUT2D eigenvalue weighted by atomic mass is 9.78. The Bertz CT molecular complexity index is 936. The molecule has 1 aromatic carbocycles. The Balaban J connectivity index is 1.52. The summed E-state index contributed by atoms with van der Waals surface area (Å²) in [7, 11) is 0. The van der Waals surface area contributed by atoms with Gasteiger partial charge in [0, 0.05) is 22.8 Å². The fourth-order valence-electron chi connectivity index (χ4n) is 5.01. The average Bonchev–Trinajstić information content (AvgIpc) is 3.24. The number of hydrogen-bond donors (Lipinski definition) is 1. The second-order valence-electron chi connectivity index (χ2n) is 13.6. The van der Waals surface area contributed by atoms with Gasteiger partial charge in [-0.25, -0.2) is 0 Å². The number of aryl methyl sites for hydroxylation is 3. The summed E-state index contributed by atoms with van der Waals surface area (Å²) in [5.41, 5.74) is 3.72. The third-order valence-electron chi connectivity index (χ3n) is 7.65. The van der Waals surface area contributed by atoms with Gasteiger partial charge in [-0.1, -0.05) is 67.5 Å². The Morgan fingerprint density at radius 3 is 1.92 bits per heavy atom. The predicted octanol–water partition coefficient (Wildman–Crippen LogP) is 7.91. The van der Waals surface area contributed by atoms with Crippen LogP contribution in [-0.2, 0) is 34.8 Å². The summed E-state index contributed by atoms with van der Waals surface area (Å²) in [4.78, 5) is 5.58. The minimum absolute atomic E-state index is 0.0707. The zero-order valence-electron chi connectivity index (χ0n) is 24.3. The number of nitrogens with zero attached hydrogens (tertiary/aromatic N) is 1. The maximum Gasteiger partial charge on any atom is 0.123 e.